The quantitative estimate of drug-likeness (QED) is 0.528. The highest BCUT2D eigenvalue weighted by Gasteiger charge is 2.20. The molecule has 1 aromatic rings. The van der Waals surface area contributed by atoms with Crippen LogP contribution >= 0.6 is 0 Å². The molecule has 0 aliphatic heterocycles. The number of hydrogen-bond donors (Lipinski definition) is 3. The fourth-order valence-electron chi connectivity index (χ4n) is 2.07. The monoisotopic (exact) mass is 312 g/mol. The van der Waals surface area contributed by atoms with E-state index in [1.54, 1.807) is 6.07 Å². The van der Waals surface area contributed by atoms with Crippen LogP contribution in [-0.4, -0.2) is 20.3 Å². The van der Waals surface area contributed by atoms with E-state index >= 15 is 0 Å². The largest absolute Gasteiger partial charge is 0.370 e. The van der Waals surface area contributed by atoms with Crippen molar-refractivity contribution >= 4 is 21.9 Å². The number of hydrogen-bond acceptors (Lipinski definition) is 3. The maximum Gasteiger partial charge on any atom is 0.280 e. The summed E-state index contributed by atoms with van der Waals surface area (Å²) >= 11 is 0. The first-order valence-electron chi connectivity index (χ1n) is 6.53. The van der Waals surface area contributed by atoms with E-state index < -0.39 is 15.9 Å². The van der Waals surface area contributed by atoms with Gasteiger partial charge in [-0.3, -0.25) is 4.79 Å². The number of benzene rings is 1. The van der Waals surface area contributed by atoms with Gasteiger partial charge in [0, 0.05) is 5.56 Å². The van der Waals surface area contributed by atoms with E-state index in [4.69, 9.17) is 16.6 Å². The molecule has 0 saturated carbocycles. The summed E-state index contributed by atoms with van der Waals surface area (Å²) in [5.41, 5.74) is 11.8. The molecule has 0 unspecified atom stereocenters. The smallest absolute Gasteiger partial charge is 0.280 e. The molecule has 0 bridgehead atoms. The molecule has 0 atom stereocenters. The third-order valence-corrected chi connectivity index (χ3v) is 3.95. The van der Waals surface area contributed by atoms with Crippen molar-refractivity contribution < 1.29 is 13.2 Å². The SMILES string of the molecule is CCCc1cc(CC)c(C(=O)N=C(N)N)cc1S(N)(=O)=O. The van der Waals surface area contributed by atoms with Crippen molar-refractivity contribution in [1.29, 1.82) is 0 Å². The molecule has 0 heterocycles. The van der Waals surface area contributed by atoms with Gasteiger partial charge in [-0.25, -0.2) is 13.6 Å². The number of rotatable bonds is 5. The van der Waals surface area contributed by atoms with Crippen LogP contribution in [-0.2, 0) is 22.9 Å². The van der Waals surface area contributed by atoms with Crippen LogP contribution in [0.25, 0.3) is 0 Å². The van der Waals surface area contributed by atoms with Crippen molar-refractivity contribution in [3.8, 4) is 0 Å². The lowest BCUT2D eigenvalue weighted by Crippen LogP contribution is -2.24. The molecule has 0 aromatic heterocycles. The molecular formula is C13H20N4O3S. The molecule has 6 N–H and O–H groups in total. The van der Waals surface area contributed by atoms with E-state index in [1.165, 1.54) is 6.07 Å². The summed E-state index contributed by atoms with van der Waals surface area (Å²) in [7, 11) is -3.93. The highest BCUT2D eigenvalue weighted by Crippen LogP contribution is 2.23. The first-order valence-corrected chi connectivity index (χ1v) is 8.07. The summed E-state index contributed by atoms with van der Waals surface area (Å²) in [6.07, 6.45) is 1.85. The second kappa shape index (κ2) is 6.68. The van der Waals surface area contributed by atoms with Crippen LogP contribution in [0.2, 0.25) is 0 Å². The Morgan fingerprint density at radius 1 is 1.19 bits per heavy atom. The summed E-state index contributed by atoms with van der Waals surface area (Å²) in [6.45, 7) is 3.78. The Morgan fingerprint density at radius 2 is 1.81 bits per heavy atom. The zero-order valence-corrected chi connectivity index (χ0v) is 12.9. The Balaban J connectivity index is 3.59. The first-order chi connectivity index (χ1) is 9.70. The van der Waals surface area contributed by atoms with Crippen molar-refractivity contribution in [1.82, 2.24) is 0 Å². The average molecular weight is 312 g/mol. The lowest BCUT2D eigenvalue weighted by atomic mass is 9.99. The van der Waals surface area contributed by atoms with E-state index in [1.807, 2.05) is 13.8 Å². The van der Waals surface area contributed by atoms with Crippen molar-refractivity contribution in [2.75, 3.05) is 0 Å². The van der Waals surface area contributed by atoms with Gasteiger partial charge in [0.25, 0.3) is 5.91 Å². The molecule has 7 nitrogen and oxygen atoms in total. The summed E-state index contributed by atoms with van der Waals surface area (Å²) in [5, 5.41) is 5.23. The number of nitrogens with zero attached hydrogens (tertiary/aromatic N) is 1. The lowest BCUT2D eigenvalue weighted by molar-refractivity contribution is 0.100. The van der Waals surface area contributed by atoms with E-state index in [0.717, 1.165) is 6.42 Å². The van der Waals surface area contributed by atoms with E-state index in [-0.39, 0.29) is 16.4 Å². The van der Waals surface area contributed by atoms with Gasteiger partial charge in [-0.05, 0) is 30.0 Å². The summed E-state index contributed by atoms with van der Waals surface area (Å²) in [5.74, 6) is -1.06. The maximum atomic E-state index is 12.0. The molecule has 0 aliphatic rings. The molecular weight excluding hydrogens is 292 g/mol. The molecule has 116 valence electrons. The average Bonchev–Trinajstić information content (AvgIpc) is 2.36. The summed E-state index contributed by atoms with van der Waals surface area (Å²) < 4.78 is 23.4. The third kappa shape index (κ3) is 4.27. The first kappa shape index (κ1) is 17.1. The topological polar surface area (TPSA) is 142 Å². The molecule has 8 heteroatoms. The fourth-order valence-corrected chi connectivity index (χ4v) is 2.88. The van der Waals surface area contributed by atoms with Crippen molar-refractivity contribution in [3.05, 3.63) is 28.8 Å². The zero-order chi connectivity index (χ0) is 16.2. The predicted octanol–water partition coefficient (Wildman–Crippen LogP) is 0.263. The predicted molar refractivity (Wildman–Crippen MR) is 81.3 cm³/mol. The van der Waals surface area contributed by atoms with E-state index in [2.05, 4.69) is 4.99 Å². The molecule has 1 aromatic carbocycles. The molecule has 0 aliphatic carbocycles. The van der Waals surface area contributed by atoms with Gasteiger partial charge in [0.15, 0.2) is 5.96 Å². The number of primary sulfonamides is 1. The van der Waals surface area contributed by atoms with Crippen LogP contribution in [0.1, 0.15) is 41.8 Å². The van der Waals surface area contributed by atoms with Gasteiger partial charge in [-0.2, -0.15) is 4.99 Å². The molecule has 0 saturated heterocycles. The number of carbonyl (C=O) groups is 1. The minimum absolute atomic E-state index is 0.0595. The Kier molecular flexibility index (Phi) is 5.45. The number of sulfonamides is 1. The van der Waals surface area contributed by atoms with Crippen molar-refractivity contribution in [2.24, 2.45) is 21.6 Å². The zero-order valence-electron chi connectivity index (χ0n) is 12.1. The molecule has 1 amide bonds. The Hall–Kier alpha value is -1.93. The second-order valence-corrected chi connectivity index (χ2v) is 6.14. The highest BCUT2D eigenvalue weighted by molar-refractivity contribution is 7.89. The lowest BCUT2D eigenvalue weighted by Gasteiger charge is -2.12. The van der Waals surface area contributed by atoms with Crippen molar-refractivity contribution in [3.63, 3.8) is 0 Å². The third-order valence-electron chi connectivity index (χ3n) is 2.95. The van der Waals surface area contributed by atoms with Crippen LogP contribution in [0.15, 0.2) is 22.0 Å². The van der Waals surface area contributed by atoms with E-state index in [9.17, 15) is 13.2 Å². The molecule has 21 heavy (non-hydrogen) atoms. The van der Waals surface area contributed by atoms with Crippen LogP contribution in [0.5, 0.6) is 0 Å². The molecule has 0 radical (unpaired) electrons. The van der Waals surface area contributed by atoms with Crippen LogP contribution in [0, 0.1) is 0 Å². The van der Waals surface area contributed by atoms with Crippen molar-refractivity contribution in [2.45, 2.75) is 38.0 Å². The summed E-state index contributed by atoms with van der Waals surface area (Å²) in [4.78, 5) is 15.4. The Morgan fingerprint density at radius 3 is 2.24 bits per heavy atom. The molecule has 0 fully saturated rings. The second-order valence-electron chi connectivity index (χ2n) is 4.61. The standard InChI is InChI=1S/C13H20N4O3S/c1-3-5-9-6-8(4-2)10(12(18)17-13(14)15)7-11(9)21(16,19)20/h6-7H,3-5H2,1-2H3,(H2,16,19,20)(H4,14,15,17,18). The molecule has 0 spiro atoms. The number of guanidine groups is 1. The normalized spacial score (nSPS) is 11.2. The Bertz CT molecular complexity index is 677. The van der Waals surface area contributed by atoms with Gasteiger partial charge in [0.2, 0.25) is 10.0 Å². The minimum atomic E-state index is -3.93. The van der Waals surface area contributed by atoms with E-state index in [0.29, 0.717) is 24.0 Å². The van der Waals surface area contributed by atoms with Gasteiger partial charge in [-0.1, -0.05) is 26.3 Å². The summed E-state index contributed by atoms with van der Waals surface area (Å²) in [6, 6.07) is 2.94. The van der Waals surface area contributed by atoms with Gasteiger partial charge in [0.05, 0.1) is 4.90 Å². The Labute approximate surface area is 124 Å². The number of nitrogens with two attached hydrogens (primary N) is 3. The highest BCUT2D eigenvalue weighted by atomic mass is 32.2. The van der Waals surface area contributed by atoms with Crippen LogP contribution in [0.3, 0.4) is 0 Å². The number of carbonyl (C=O) groups excluding carboxylic acids is 1. The molecule has 1 rings (SSSR count). The van der Waals surface area contributed by atoms with Gasteiger partial charge in [0.1, 0.15) is 0 Å². The van der Waals surface area contributed by atoms with Gasteiger partial charge in [-0.15, -0.1) is 0 Å². The van der Waals surface area contributed by atoms with Crippen LogP contribution in [0.4, 0.5) is 0 Å². The van der Waals surface area contributed by atoms with Crippen LogP contribution < -0.4 is 16.6 Å². The minimum Gasteiger partial charge on any atom is -0.370 e. The maximum absolute atomic E-state index is 12.0. The number of aryl methyl sites for hydroxylation is 2. The van der Waals surface area contributed by atoms with Gasteiger partial charge < -0.3 is 11.5 Å². The van der Waals surface area contributed by atoms with Gasteiger partial charge >= 0.3 is 0 Å². The fraction of sp³-hybridized carbons (Fsp3) is 0.385. The number of amides is 1. The number of aliphatic imine (C=N–C) groups is 1.